The lowest BCUT2D eigenvalue weighted by Gasteiger charge is -2.08. The highest BCUT2D eigenvalue weighted by atomic mass is 19.1. The van der Waals surface area contributed by atoms with Crippen molar-refractivity contribution in [3.05, 3.63) is 60.7 Å². The van der Waals surface area contributed by atoms with Crippen LogP contribution in [-0.2, 0) is 9.47 Å². The van der Waals surface area contributed by atoms with Crippen LogP contribution in [0.15, 0.2) is 60.7 Å². The first-order valence-corrected chi connectivity index (χ1v) is 8.28. The predicted molar refractivity (Wildman–Crippen MR) is 98.4 cm³/mol. The zero-order valence-electron chi connectivity index (χ0n) is 14.0. The number of nitrogens with zero attached hydrogens (tertiary/aromatic N) is 1. The highest BCUT2D eigenvalue weighted by Crippen LogP contribution is 2.22. The molecule has 0 aliphatic carbocycles. The summed E-state index contributed by atoms with van der Waals surface area (Å²) < 4.78 is 21.6. The van der Waals surface area contributed by atoms with E-state index in [0.717, 1.165) is 27.8 Å². The normalized spacial score (nSPS) is 10.9. The average molecular weight is 340 g/mol. The number of anilines is 1. The molecular weight excluding hydrogens is 319 g/mol. The lowest BCUT2D eigenvalue weighted by atomic mass is 10.1. The summed E-state index contributed by atoms with van der Waals surface area (Å²) in [4.78, 5) is 4.71. The Morgan fingerprint density at radius 3 is 2.48 bits per heavy atom. The molecule has 0 unspecified atom stereocenters. The molecule has 0 atom stereocenters. The third kappa shape index (κ3) is 4.98. The van der Waals surface area contributed by atoms with Gasteiger partial charge in [-0.25, -0.2) is 9.37 Å². The SMILES string of the molecule is FCOCCOCCNc1ccc(-c2ccc3ccccc3n2)cc1. The van der Waals surface area contributed by atoms with Gasteiger partial charge in [0.05, 0.1) is 31.0 Å². The Bertz CT molecular complexity index is 793. The fraction of sp³-hybridized carbons (Fsp3) is 0.250. The minimum Gasteiger partial charge on any atom is -0.383 e. The molecule has 0 aliphatic rings. The predicted octanol–water partition coefficient (Wildman–Crippen LogP) is 4.27. The standard InChI is InChI=1S/C20H21FN2O2/c21-15-25-14-13-24-12-11-22-18-8-5-17(6-9-18)20-10-7-16-3-1-2-4-19(16)23-20/h1-10,22H,11-15H2. The third-order valence-corrected chi connectivity index (χ3v) is 3.80. The van der Waals surface area contributed by atoms with Crippen LogP contribution in [-0.4, -0.2) is 38.2 Å². The van der Waals surface area contributed by atoms with Gasteiger partial charge in [0, 0.05) is 23.2 Å². The van der Waals surface area contributed by atoms with E-state index in [9.17, 15) is 4.39 Å². The molecule has 4 nitrogen and oxygen atoms in total. The Hall–Kier alpha value is -2.50. The summed E-state index contributed by atoms with van der Waals surface area (Å²) in [5, 5.41) is 4.42. The number of aromatic nitrogens is 1. The third-order valence-electron chi connectivity index (χ3n) is 3.80. The number of pyridine rings is 1. The molecule has 130 valence electrons. The van der Waals surface area contributed by atoms with Crippen molar-refractivity contribution >= 4 is 16.6 Å². The summed E-state index contributed by atoms with van der Waals surface area (Å²) in [6, 6.07) is 20.4. The van der Waals surface area contributed by atoms with Crippen LogP contribution in [0.25, 0.3) is 22.2 Å². The smallest absolute Gasteiger partial charge is 0.188 e. The molecule has 25 heavy (non-hydrogen) atoms. The van der Waals surface area contributed by atoms with E-state index in [1.54, 1.807) is 0 Å². The van der Waals surface area contributed by atoms with Crippen LogP contribution in [0.4, 0.5) is 10.1 Å². The van der Waals surface area contributed by atoms with Gasteiger partial charge < -0.3 is 14.8 Å². The van der Waals surface area contributed by atoms with Crippen LogP contribution in [0.1, 0.15) is 0 Å². The average Bonchev–Trinajstić information content (AvgIpc) is 2.67. The van der Waals surface area contributed by atoms with Crippen LogP contribution in [0.3, 0.4) is 0 Å². The second kappa shape index (κ2) is 9.11. The summed E-state index contributed by atoms with van der Waals surface area (Å²) >= 11 is 0. The molecule has 0 amide bonds. The van der Waals surface area contributed by atoms with Crippen molar-refractivity contribution in [2.45, 2.75) is 0 Å². The van der Waals surface area contributed by atoms with E-state index in [4.69, 9.17) is 9.72 Å². The quantitative estimate of drug-likeness (QED) is 0.591. The Morgan fingerprint density at radius 2 is 1.64 bits per heavy atom. The molecule has 0 spiro atoms. The molecule has 1 N–H and O–H groups in total. The summed E-state index contributed by atoms with van der Waals surface area (Å²) in [6.07, 6.45) is 0. The van der Waals surface area contributed by atoms with E-state index in [1.807, 2.05) is 36.4 Å². The number of rotatable bonds is 9. The van der Waals surface area contributed by atoms with Crippen molar-refractivity contribution in [3.8, 4) is 11.3 Å². The molecule has 1 aromatic heterocycles. The number of fused-ring (bicyclic) bond motifs is 1. The summed E-state index contributed by atoms with van der Waals surface area (Å²) in [5.41, 5.74) is 4.06. The van der Waals surface area contributed by atoms with E-state index in [1.165, 1.54) is 0 Å². The van der Waals surface area contributed by atoms with Crippen molar-refractivity contribution in [2.75, 3.05) is 38.5 Å². The van der Waals surface area contributed by atoms with Crippen LogP contribution in [0.2, 0.25) is 0 Å². The van der Waals surface area contributed by atoms with Gasteiger partial charge in [-0.15, -0.1) is 0 Å². The van der Waals surface area contributed by atoms with Gasteiger partial charge in [-0.05, 0) is 24.3 Å². The number of benzene rings is 2. The van der Waals surface area contributed by atoms with Gasteiger partial charge in [0.1, 0.15) is 0 Å². The Balaban J connectivity index is 1.53. The topological polar surface area (TPSA) is 43.4 Å². The largest absolute Gasteiger partial charge is 0.383 e. The number of nitrogens with one attached hydrogen (secondary N) is 1. The monoisotopic (exact) mass is 340 g/mol. The minimum absolute atomic E-state index is 0.282. The van der Waals surface area contributed by atoms with Crippen molar-refractivity contribution in [1.29, 1.82) is 0 Å². The number of para-hydroxylation sites is 1. The summed E-state index contributed by atoms with van der Waals surface area (Å²) in [6.45, 7) is 1.15. The highest BCUT2D eigenvalue weighted by molar-refractivity contribution is 5.81. The molecule has 0 aliphatic heterocycles. The number of ether oxygens (including phenoxy) is 2. The van der Waals surface area contributed by atoms with Gasteiger partial charge in [0.25, 0.3) is 0 Å². The second-order valence-corrected chi connectivity index (χ2v) is 5.52. The van der Waals surface area contributed by atoms with Crippen molar-refractivity contribution < 1.29 is 13.9 Å². The minimum atomic E-state index is -0.764. The molecular formula is C20H21FN2O2. The van der Waals surface area contributed by atoms with Crippen molar-refractivity contribution in [1.82, 2.24) is 4.98 Å². The molecule has 0 saturated heterocycles. The number of alkyl halides is 1. The molecule has 2 aromatic carbocycles. The highest BCUT2D eigenvalue weighted by Gasteiger charge is 2.01. The summed E-state index contributed by atoms with van der Waals surface area (Å²) in [7, 11) is 0. The lowest BCUT2D eigenvalue weighted by Crippen LogP contribution is -2.12. The second-order valence-electron chi connectivity index (χ2n) is 5.52. The zero-order valence-corrected chi connectivity index (χ0v) is 14.0. The van der Waals surface area contributed by atoms with Crippen LogP contribution < -0.4 is 5.32 Å². The van der Waals surface area contributed by atoms with Gasteiger partial charge in [-0.3, -0.25) is 0 Å². The number of hydrogen-bond acceptors (Lipinski definition) is 4. The maximum Gasteiger partial charge on any atom is 0.188 e. The van der Waals surface area contributed by atoms with Crippen molar-refractivity contribution in [2.24, 2.45) is 0 Å². The molecule has 0 radical (unpaired) electrons. The van der Waals surface area contributed by atoms with Gasteiger partial charge in [-0.1, -0.05) is 36.4 Å². The Morgan fingerprint density at radius 1 is 0.840 bits per heavy atom. The maximum absolute atomic E-state index is 11.7. The van der Waals surface area contributed by atoms with E-state index in [-0.39, 0.29) is 6.61 Å². The Kier molecular flexibility index (Phi) is 6.31. The first-order valence-electron chi connectivity index (χ1n) is 8.28. The fourth-order valence-corrected chi connectivity index (χ4v) is 2.53. The van der Waals surface area contributed by atoms with Gasteiger partial charge in [0.2, 0.25) is 0 Å². The Labute approximate surface area is 146 Å². The molecule has 0 fully saturated rings. The van der Waals surface area contributed by atoms with Crippen LogP contribution >= 0.6 is 0 Å². The fourth-order valence-electron chi connectivity index (χ4n) is 2.53. The number of hydrogen-bond donors (Lipinski definition) is 1. The molecule has 1 heterocycles. The van der Waals surface area contributed by atoms with Crippen LogP contribution in [0, 0.1) is 0 Å². The van der Waals surface area contributed by atoms with Crippen molar-refractivity contribution in [3.63, 3.8) is 0 Å². The number of halogens is 1. The zero-order chi connectivity index (χ0) is 17.3. The van der Waals surface area contributed by atoms with Crippen LogP contribution in [0.5, 0.6) is 0 Å². The molecule has 5 heteroatoms. The van der Waals surface area contributed by atoms with Gasteiger partial charge in [0.15, 0.2) is 6.86 Å². The van der Waals surface area contributed by atoms with E-state index in [2.05, 4.69) is 34.3 Å². The first-order chi connectivity index (χ1) is 12.4. The van der Waals surface area contributed by atoms with Gasteiger partial charge in [-0.2, -0.15) is 0 Å². The molecule has 3 aromatic rings. The van der Waals surface area contributed by atoms with E-state index < -0.39 is 6.86 Å². The first kappa shape index (κ1) is 17.3. The van der Waals surface area contributed by atoms with Gasteiger partial charge >= 0.3 is 0 Å². The molecule has 3 rings (SSSR count). The summed E-state index contributed by atoms with van der Waals surface area (Å²) in [5.74, 6) is 0. The van der Waals surface area contributed by atoms with E-state index in [0.29, 0.717) is 19.8 Å². The van der Waals surface area contributed by atoms with E-state index >= 15 is 0 Å². The molecule has 0 saturated carbocycles. The lowest BCUT2D eigenvalue weighted by molar-refractivity contribution is 0.0122. The maximum atomic E-state index is 11.7. The molecule has 0 bridgehead atoms.